The number of anilines is 1. The topological polar surface area (TPSA) is 35.5 Å². The molecule has 1 fully saturated rings. The van der Waals surface area contributed by atoms with Gasteiger partial charge in [-0.05, 0) is 60.4 Å². The quantitative estimate of drug-likeness (QED) is 0.899. The molecule has 100 valence electrons. The van der Waals surface area contributed by atoms with Gasteiger partial charge in [0, 0.05) is 17.6 Å². The summed E-state index contributed by atoms with van der Waals surface area (Å²) >= 11 is 3.64. The Morgan fingerprint density at radius 3 is 2.89 bits per heavy atom. The van der Waals surface area contributed by atoms with Crippen LogP contribution < -0.4 is 10.2 Å². The molecule has 0 radical (unpaired) electrons. The zero-order valence-corrected chi connectivity index (χ0v) is 12.6. The van der Waals surface area contributed by atoms with E-state index in [9.17, 15) is 5.11 Å². The molecule has 1 saturated heterocycles. The fourth-order valence-corrected chi connectivity index (χ4v) is 3.36. The lowest BCUT2D eigenvalue weighted by Crippen LogP contribution is -2.58. The largest absolute Gasteiger partial charge is 0.394 e. The van der Waals surface area contributed by atoms with Gasteiger partial charge in [-0.25, -0.2) is 0 Å². The fourth-order valence-electron chi connectivity index (χ4n) is 2.62. The summed E-state index contributed by atoms with van der Waals surface area (Å²) in [5.74, 6) is 0. The summed E-state index contributed by atoms with van der Waals surface area (Å²) in [4.78, 5) is 2.35. The molecule has 0 aromatic heterocycles. The Kier molecular flexibility index (Phi) is 4.30. The molecule has 3 nitrogen and oxygen atoms in total. The maximum absolute atomic E-state index is 9.62. The van der Waals surface area contributed by atoms with Crippen LogP contribution in [0.3, 0.4) is 0 Å². The molecule has 0 bridgehead atoms. The molecule has 4 heteroatoms. The van der Waals surface area contributed by atoms with Gasteiger partial charge < -0.3 is 15.3 Å². The summed E-state index contributed by atoms with van der Waals surface area (Å²) in [5, 5.41) is 12.9. The molecular weight excluding hydrogens is 292 g/mol. The Hall–Kier alpha value is -0.580. The maximum atomic E-state index is 9.62. The van der Waals surface area contributed by atoms with Crippen LogP contribution >= 0.6 is 15.9 Å². The summed E-state index contributed by atoms with van der Waals surface area (Å²) < 4.78 is 1.13. The number of nitrogens with one attached hydrogen (secondary N) is 1. The first-order valence-electron chi connectivity index (χ1n) is 6.41. The van der Waals surface area contributed by atoms with Crippen LogP contribution in [-0.2, 0) is 0 Å². The summed E-state index contributed by atoms with van der Waals surface area (Å²) in [6, 6.07) is 6.43. The van der Waals surface area contributed by atoms with E-state index in [0.717, 1.165) is 30.4 Å². The number of likely N-dealkylation sites (N-methyl/N-ethyl adjacent to an activating group) is 1. The number of aliphatic hydroxyl groups is 1. The second-order valence-corrected chi connectivity index (χ2v) is 6.02. The Morgan fingerprint density at radius 2 is 2.28 bits per heavy atom. The van der Waals surface area contributed by atoms with Crippen LogP contribution in [0.5, 0.6) is 0 Å². The first-order chi connectivity index (χ1) is 8.60. The standard InChI is InChI=1S/C14H21BrN2O/c1-11-4-5-13(12(15)8-11)17-7-3-6-14(9-17,10-18)16-2/h4-5,8,16,18H,3,6-7,9-10H2,1-2H3. The number of aryl methyl sites for hydroxylation is 1. The van der Waals surface area contributed by atoms with Crippen molar-refractivity contribution in [2.24, 2.45) is 0 Å². The number of aliphatic hydroxyl groups excluding tert-OH is 1. The summed E-state index contributed by atoms with van der Waals surface area (Å²) in [6.45, 7) is 4.17. The van der Waals surface area contributed by atoms with Crippen molar-refractivity contribution in [3.63, 3.8) is 0 Å². The van der Waals surface area contributed by atoms with Crippen LogP contribution in [0.2, 0.25) is 0 Å². The van der Waals surface area contributed by atoms with Crippen LogP contribution in [0.15, 0.2) is 22.7 Å². The van der Waals surface area contributed by atoms with E-state index in [1.54, 1.807) is 0 Å². The van der Waals surface area contributed by atoms with Gasteiger partial charge in [-0.15, -0.1) is 0 Å². The second-order valence-electron chi connectivity index (χ2n) is 5.17. The number of piperidine rings is 1. The van der Waals surface area contributed by atoms with Crippen LogP contribution in [0, 0.1) is 6.92 Å². The lowest BCUT2D eigenvalue weighted by molar-refractivity contribution is 0.149. The van der Waals surface area contributed by atoms with Gasteiger partial charge in [-0.2, -0.15) is 0 Å². The van der Waals surface area contributed by atoms with E-state index in [4.69, 9.17) is 0 Å². The molecule has 1 aliphatic heterocycles. The van der Waals surface area contributed by atoms with Crippen molar-refractivity contribution in [1.82, 2.24) is 5.32 Å². The van der Waals surface area contributed by atoms with E-state index in [-0.39, 0.29) is 12.1 Å². The molecule has 1 atom stereocenters. The minimum atomic E-state index is -0.164. The second kappa shape index (κ2) is 5.59. The number of halogens is 1. The highest BCUT2D eigenvalue weighted by Crippen LogP contribution is 2.31. The van der Waals surface area contributed by atoms with Crippen LogP contribution in [0.25, 0.3) is 0 Å². The number of benzene rings is 1. The highest BCUT2D eigenvalue weighted by atomic mass is 79.9. The van der Waals surface area contributed by atoms with E-state index in [2.05, 4.69) is 51.3 Å². The SMILES string of the molecule is CNC1(CO)CCCN(c2ccc(C)cc2Br)C1. The molecule has 2 N–H and O–H groups in total. The number of hydrogen-bond donors (Lipinski definition) is 2. The highest BCUT2D eigenvalue weighted by Gasteiger charge is 2.33. The van der Waals surface area contributed by atoms with Gasteiger partial charge in [0.05, 0.1) is 17.8 Å². The van der Waals surface area contributed by atoms with Crippen LogP contribution in [-0.4, -0.2) is 37.4 Å². The Balaban J connectivity index is 2.23. The summed E-state index contributed by atoms with van der Waals surface area (Å²) in [6.07, 6.45) is 2.13. The number of rotatable bonds is 3. The van der Waals surface area contributed by atoms with Gasteiger partial charge in [0.15, 0.2) is 0 Å². The average molecular weight is 313 g/mol. The number of nitrogens with zero attached hydrogens (tertiary/aromatic N) is 1. The zero-order valence-electron chi connectivity index (χ0n) is 11.0. The van der Waals surface area contributed by atoms with Crippen molar-refractivity contribution in [3.8, 4) is 0 Å². The molecule has 1 aromatic rings. The third-order valence-electron chi connectivity index (χ3n) is 3.85. The molecule has 0 aliphatic carbocycles. The van der Waals surface area contributed by atoms with Crippen LogP contribution in [0.4, 0.5) is 5.69 Å². The zero-order chi connectivity index (χ0) is 13.2. The van der Waals surface area contributed by atoms with Crippen LogP contribution in [0.1, 0.15) is 18.4 Å². The minimum absolute atomic E-state index is 0.164. The molecule has 18 heavy (non-hydrogen) atoms. The van der Waals surface area contributed by atoms with E-state index in [1.165, 1.54) is 11.3 Å². The van der Waals surface area contributed by atoms with Crippen molar-refractivity contribution in [2.45, 2.75) is 25.3 Å². The predicted molar refractivity (Wildman–Crippen MR) is 79.2 cm³/mol. The smallest absolute Gasteiger partial charge is 0.0630 e. The lowest BCUT2D eigenvalue weighted by atomic mass is 9.89. The van der Waals surface area contributed by atoms with Gasteiger partial charge in [0.2, 0.25) is 0 Å². The van der Waals surface area contributed by atoms with Gasteiger partial charge in [0.25, 0.3) is 0 Å². The lowest BCUT2D eigenvalue weighted by Gasteiger charge is -2.43. The Bertz CT molecular complexity index is 418. The minimum Gasteiger partial charge on any atom is -0.394 e. The molecule has 2 rings (SSSR count). The van der Waals surface area contributed by atoms with Crippen molar-refractivity contribution >= 4 is 21.6 Å². The van der Waals surface area contributed by atoms with E-state index < -0.39 is 0 Å². The molecule has 1 aliphatic rings. The Morgan fingerprint density at radius 1 is 1.50 bits per heavy atom. The summed E-state index contributed by atoms with van der Waals surface area (Å²) in [7, 11) is 1.93. The van der Waals surface area contributed by atoms with Crippen molar-refractivity contribution in [3.05, 3.63) is 28.2 Å². The highest BCUT2D eigenvalue weighted by molar-refractivity contribution is 9.10. The van der Waals surface area contributed by atoms with Crippen molar-refractivity contribution in [1.29, 1.82) is 0 Å². The predicted octanol–water partition coefficient (Wildman–Crippen LogP) is 2.31. The van der Waals surface area contributed by atoms with E-state index in [1.807, 2.05) is 7.05 Å². The molecule has 1 heterocycles. The molecule has 0 saturated carbocycles. The molecular formula is C14H21BrN2O. The van der Waals surface area contributed by atoms with Gasteiger partial charge in [-0.3, -0.25) is 0 Å². The van der Waals surface area contributed by atoms with E-state index in [0.29, 0.717) is 0 Å². The van der Waals surface area contributed by atoms with Gasteiger partial charge in [-0.1, -0.05) is 6.07 Å². The van der Waals surface area contributed by atoms with Gasteiger partial charge >= 0.3 is 0 Å². The van der Waals surface area contributed by atoms with Crippen molar-refractivity contribution < 1.29 is 5.11 Å². The Labute approximate surface area is 117 Å². The average Bonchev–Trinajstić information content (AvgIpc) is 2.38. The normalized spacial score (nSPS) is 24.3. The van der Waals surface area contributed by atoms with E-state index >= 15 is 0 Å². The third-order valence-corrected chi connectivity index (χ3v) is 4.49. The van der Waals surface area contributed by atoms with Crippen molar-refractivity contribution in [2.75, 3.05) is 31.6 Å². The maximum Gasteiger partial charge on any atom is 0.0630 e. The molecule has 1 aromatic carbocycles. The van der Waals surface area contributed by atoms with Gasteiger partial charge in [0.1, 0.15) is 0 Å². The first kappa shape index (κ1) is 13.8. The number of hydrogen-bond acceptors (Lipinski definition) is 3. The molecule has 0 spiro atoms. The third kappa shape index (κ3) is 2.71. The first-order valence-corrected chi connectivity index (χ1v) is 7.20. The monoisotopic (exact) mass is 312 g/mol. The molecule has 1 unspecified atom stereocenters. The fraction of sp³-hybridized carbons (Fsp3) is 0.571. The summed E-state index contributed by atoms with van der Waals surface area (Å²) in [5.41, 5.74) is 2.31. The molecule has 0 amide bonds.